The average Bonchev–Trinajstić information content (AvgIpc) is 3.09. The SMILES string of the molecule is O=C(CSC1=N/C(=C\c2ccccc2)C(=O)N1c1ccc(F)cc1)Nc1ccccc1. The minimum absolute atomic E-state index is 0.0668. The molecule has 0 bridgehead atoms. The fraction of sp³-hybridized carbons (Fsp3) is 0.0417. The highest BCUT2D eigenvalue weighted by Gasteiger charge is 2.32. The highest BCUT2D eigenvalue weighted by Crippen LogP contribution is 2.29. The maximum absolute atomic E-state index is 13.4. The number of halogens is 1. The van der Waals surface area contributed by atoms with Crippen molar-refractivity contribution in [3.8, 4) is 0 Å². The van der Waals surface area contributed by atoms with Gasteiger partial charge in [-0.15, -0.1) is 0 Å². The molecule has 3 aromatic carbocycles. The molecule has 1 aliphatic rings. The Morgan fingerprint density at radius 2 is 1.61 bits per heavy atom. The molecule has 0 saturated heterocycles. The molecule has 1 N–H and O–H groups in total. The van der Waals surface area contributed by atoms with Crippen molar-refractivity contribution < 1.29 is 14.0 Å². The van der Waals surface area contributed by atoms with Crippen LogP contribution in [0.1, 0.15) is 5.56 Å². The van der Waals surface area contributed by atoms with Gasteiger partial charge in [0.25, 0.3) is 5.91 Å². The first kappa shape index (κ1) is 20.6. The van der Waals surface area contributed by atoms with E-state index in [0.29, 0.717) is 16.5 Å². The normalized spacial score (nSPS) is 14.6. The third-order valence-electron chi connectivity index (χ3n) is 4.41. The van der Waals surface area contributed by atoms with Gasteiger partial charge in [-0.1, -0.05) is 60.3 Å². The Labute approximate surface area is 183 Å². The maximum atomic E-state index is 13.4. The monoisotopic (exact) mass is 431 g/mol. The van der Waals surface area contributed by atoms with Crippen molar-refractivity contribution in [2.75, 3.05) is 16.0 Å². The van der Waals surface area contributed by atoms with Gasteiger partial charge in [-0.05, 0) is 48.0 Å². The van der Waals surface area contributed by atoms with Crippen LogP contribution in [0.2, 0.25) is 0 Å². The topological polar surface area (TPSA) is 61.8 Å². The van der Waals surface area contributed by atoms with Crippen molar-refractivity contribution in [3.05, 3.63) is 102 Å². The molecule has 0 unspecified atom stereocenters. The number of amidine groups is 1. The van der Waals surface area contributed by atoms with E-state index in [-0.39, 0.29) is 23.3 Å². The number of thioether (sulfide) groups is 1. The fourth-order valence-corrected chi connectivity index (χ4v) is 3.78. The van der Waals surface area contributed by atoms with E-state index in [0.717, 1.165) is 17.3 Å². The summed E-state index contributed by atoms with van der Waals surface area (Å²) in [5.74, 6) is -0.881. The second-order valence-electron chi connectivity index (χ2n) is 6.65. The van der Waals surface area contributed by atoms with Gasteiger partial charge in [0.1, 0.15) is 11.5 Å². The van der Waals surface area contributed by atoms with Crippen LogP contribution in [0.25, 0.3) is 6.08 Å². The average molecular weight is 431 g/mol. The number of carbonyl (C=O) groups is 2. The van der Waals surface area contributed by atoms with Gasteiger partial charge in [0.05, 0.1) is 11.4 Å². The van der Waals surface area contributed by atoms with E-state index in [1.165, 1.54) is 29.2 Å². The summed E-state index contributed by atoms with van der Waals surface area (Å²) in [6, 6.07) is 24.1. The first-order chi connectivity index (χ1) is 15.1. The molecule has 0 saturated carbocycles. The Bertz CT molecular complexity index is 1150. The van der Waals surface area contributed by atoms with Crippen LogP contribution in [0.15, 0.2) is 95.6 Å². The molecule has 4 rings (SSSR count). The predicted octanol–water partition coefficient (Wildman–Crippen LogP) is 4.94. The first-order valence-corrected chi connectivity index (χ1v) is 10.5. The zero-order valence-corrected chi connectivity index (χ0v) is 17.2. The first-order valence-electron chi connectivity index (χ1n) is 9.53. The van der Waals surface area contributed by atoms with Gasteiger partial charge in [-0.3, -0.25) is 14.5 Å². The molecule has 154 valence electrons. The van der Waals surface area contributed by atoms with E-state index in [9.17, 15) is 14.0 Å². The number of aliphatic imine (C=N–C) groups is 1. The van der Waals surface area contributed by atoms with Crippen LogP contribution >= 0.6 is 11.8 Å². The molecule has 0 aromatic heterocycles. The highest BCUT2D eigenvalue weighted by atomic mass is 32.2. The van der Waals surface area contributed by atoms with E-state index in [1.807, 2.05) is 48.5 Å². The number of nitrogens with zero attached hydrogens (tertiary/aromatic N) is 2. The van der Waals surface area contributed by atoms with Gasteiger partial charge in [0.15, 0.2) is 5.17 Å². The molecule has 5 nitrogen and oxygen atoms in total. The number of rotatable bonds is 5. The molecule has 0 atom stereocenters. The third-order valence-corrected chi connectivity index (χ3v) is 5.35. The maximum Gasteiger partial charge on any atom is 0.283 e. The van der Waals surface area contributed by atoms with E-state index in [4.69, 9.17) is 0 Å². The lowest BCUT2D eigenvalue weighted by Crippen LogP contribution is -2.31. The summed E-state index contributed by atoms with van der Waals surface area (Å²) in [4.78, 5) is 31.3. The van der Waals surface area contributed by atoms with Gasteiger partial charge < -0.3 is 5.32 Å². The summed E-state index contributed by atoms with van der Waals surface area (Å²) in [7, 11) is 0. The highest BCUT2D eigenvalue weighted by molar-refractivity contribution is 8.14. The number of hydrogen-bond acceptors (Lipinski definition) is 4. The number of para-hydroxylation sites is 1. The predicted molar refractivity (Wildman–Crippen MR) is 123 cm³/mol. The van der Waals surface area contributed by atoms with Crippen LogP contribution in [0, 0.1) is 5.82 Å². The van der Waals surface area contributed by atoms with E-state index in [1.54, 1.807) is 18.2 Å². The molecule has 0 spiro atoms. The zero-order valence-electron chi connectivity index (χ0n) is 16.4. The van der Waals surface area contributed by atoms with Gasteiger partial charge in [0, 0.05) is 5.69 Å². The quantitative estimate of drug-likeness (QED) is 0.582. The molecular weight excluding hydrogens is 413 g/mol. The Morgan fingerprint density at radius 1 is 0.968 bits per heavy atom. The lowest BCUT2D eigenvalue weighted by atomic mass is 10.2. The standard InChI is InChI=1S/C24H18FN3O2S/c25-18-11-13-20(14-12-18)28-23(30)21(15-17-7-3-1-4-8-17)27-24(28)31-16-22(29)26-19-9-5-2-6-10-19/h1-15H,16H2,(H,26,29)/b21-15-. The van der Waals surface area contributed by atoms with Crippen LogP contribution in [0.3, 0.4) is 0 Å². The smallest absolute Gasteiger partial charge is 0.283 e. The molecule has 1 aliphatic heterocycles. The molecule has 7 heteroatoms. The fourth-order valence-electron chi connectivity index (χ4n) is 2.97. The van der Waals surface area contributed by atoms with Crippen molar-refractivity contribution in [2.45, 2.75) is 0 Å². The van der Waals surface area contributed by atoms with E-state index >= 15 is 0 Å². The van der Waals surface area contributed by atoms with Crippen molar-refractivity contribution >= 4 is 46.2 Å². The molecule has 0 aliphatic carbocycles. The van der Waals surface area contributed by atoms with E-state index in [2.05, 4.69) is 10.3 Å². The summed E-state index contributed by atoms with van der Waals surface area (Å²) in [6.07, 6.45) is 1.69. The van der Waals surface area contributed by atoms with Gasteiger partial charge in [0.2, 0.25) is 5.91 Å². The van der Waals surface area contributed by atoms with Gasteiger partial charge in [-0.25, -0.2) is 9.38 Å². The lowest BCUT2D eigenvalue weighted by molar-refractivity contribution is -0.114. The second kappa shape index (κ2) is 9.40. The number of hydrogen-bond donors (Lipinski definition) is 1. The van der Waals surface area contributed by atoms with Crippen LogP contribution < -0.4 is 10.2 Å². The van der Waals surface area contributed by atoms with Crippen molar-refractivity contribution in [3.63, 3.8) is 0 Å². The molecule has 0 fully saturated rings. The summed E-state index contributed by atoms with van der Waals surface area (Å²) in [5, 5.41) is 3.17. The number of nitrogens with one attached hydrogen (secondary N) is 1. The van der Waals surface area contributed by atoms with Crippen molar-refractivity contribution in [1.82, 2.24) is 0 Å². The zero-order chi connectivity index (χ0) is 21.6. The lowest BCUT2D eigenvalue weighted by Gasteiger charge is -2.17. The summed E-state index contributed by atoms with van der Waals surface area (Å²) < 4.78 is 13.4. The Hall–Kier alpha value is -3.71. The minimum Gasteiger partial charge on any atom is -0.325 e. The molecule has 2 amide bonds. The number of carbonyl (C=O) groups excluding carboxylic acids is 2. The summed E-state index contributed by atoms with van der Waals surface area (Å²) >= 11 is 1.15. The molecular formula is C24H18FN3O2S. The van der Waals surface area contributed by atoms with Crippen LogP contribution in [-0.4, -0.2) is 22.7 Å². The third kappa shape index (κ3) is 5.07. The van der Waals surface area contributed by atoms with E-state index < -0.39 is 5.82 Å². The largest absolute Gasteiger partial charge is 0.325 e. The Morgan fingerprint density at radius 3 is 2.29 bits per heavy atom. The van der Waals surface area contributed by atoms with Gasteiger partial charge >= 0.3 is 0 Å². The summed E-state index contributed by atoms with van der Waals surface area (Å²) in [5.41, 5.74) is 2.26. The van der Waals surface area contributed by atoms with Crippen LogP contribution in [-0.2, 0) is 9.59 Å². The number of benzene rings is 3. The molecule has 31 heavy (non-hydrogen) atoms. The number of amides is 2. The van der Waals surface area contributed by atoms with Gasteiger partial charge in [-0.2, -0.15) is 0 Å². The molecule has 3 aromatic rings. The molecule has 1 heterocycles. The van der Waals surface area contributed by atoms with Crippen LogP contribution in [0.5, 0.6) is 0 Å². The van der Waals surface area contributed by atoms with Crippen molar-refractivity contribution in [1.29, 1.82) is 0 Å². The Kier molecular flexibility index (Phi) is 6.24. The molecule has 0 radical (unpaired) electrons. The van der Waals surface area contributed by atoms with Crippen LogP contribution in [0.4, 0.5) is 15.8 Å². The van der Waals surface area contributed by atoms with Crippen molar-refractivity contribution in [2.24, 2.45) is 4.99 Å². The second-order valence-corrected chi connectivity index (χ2v) is 7.60. The minimum atomic E-state index is -0.399. The number of anilines is 2. The summed E-state index contributed by atoms with van der Waals surface area (Å²) in [6.45, 7) is 0. The Balaban J connectivity index is 1.56.